The highest BCUT2D eigenvalue weighted by Gasteiger charge is 2.20. The Balaban J connectivity index is 1.68. The van der Waals surface area contributed by atoms with E-state index in [0.717, 1.165) is 35.5 Å². The maximum Gasteiger partial charge on any atom is 0.350 e. The minimum atomic E-state index is -0.974. The van der Waals surface area contributed by atoms with Crippen molar-refractivity contribution in [2.45, 2.75) is 32.7 Å². The molecular formula is C23H27N5O3. The van der Waals surface area contributed by atoms with E-state index in [4.69, 9.17) is 0 Å². The number of aromatic nitrogens is 3. The molecule has 3 rings (SSSR count). The molecule has 1 aromatic carbocycles. The molecule has 0 saturated heterocycles. The number of hydrogen-bond donors (Lipinski definition) is 3. The van der Waals surface area contributed by atoms with Crippen LogP contribution in [0.2, 0.25) is 0 Å². The maximum atomic E-state index is 12.7. The molecule has 0 amide bonds. The van der Waals surface area contributed by atoms with E-state index in [1.54, 1.807) is 12.4 Å². The fourth-order valence-electron chi connectivity index (χ4n) is 3.28. The fourth-order valence-corrected chi connectivity index (χ4v) is 3.28. The van der Waals surface area contributed by atoms with E-state index in [-0.39, 0.29) is 6.42 Å². The van der Waals surface area contributed by atoms with Crippen molar-refractivity contribution in [3.8, 4) is 0 Å². The molecule has 162 valence electrons. The van der Waals surface area contributed by atoms with Gasteiger partial charge in [-0.05, 0) is 38.0 Å². The molecule has 0 spiro atoms. The summed E-state index contributed by atoms with van der Waals surface area (Å²) in [6, 6.07) is 12.6. The van der Waals surface area contributed by atoms with Crippen LogP contribution in [0, 0.1) is 13.8 Å². The van der Waals surface area contributed by atoms with Crippen molar-refractivity contribution in [1.82, 2.24) is 14.5 Å². The molecular weight excluding hydrogens is 394 g/mol. The van der Waals surface area contributed by atoms with Gasteiger partial charge in [0.05, 0.1) is 12.5 Å². The average Bonchev–Trinajstić information content (AvgIpc) is 2.75. The topological polar surface area (TPSA) is 109 Å². The normalized spacial score (nSPS) is 11.7. The molecule has 8 nitrogen and oxygen atoms in total. The molecule has 2 aromatic heterocycles. The molecule has 0 radical (unpaired) electrons. The molecule has 1 unspecified atom stereocenters. The van der Waals surface area contributed by atoms with Crippen LogP contribution in [-0.2, 0) is 4.79 Å². The Kier molecular flexibility index (Phi) is 7.37. The Morgan fingerprint density at radius 3 is 2.52 bits per heavy atom. The summed E-state index contributed by atoms with van der Waals surface area (Å²) in [7, 11) is 0. The van der Waals surface area contributed by atoms with E-state index in [9.17, 15) is 14.7 Å². The molecule has 0 aliphatic carbocycles. The molecule has 0 aliphatic rings. The van der Waals surface area contributed by atoms with Crippen molar-refractivity contribution in [3.05, 3.63) is 82.0 Å². The van der Waals surface area contributed by atoms with Crippen molar-refractivity contribution in [2.75, 3.05) is 23.7 Å². The van der Waals surface area contributed by atoms with Crippen molar-refractivity contribution in [3.63, 3.8) is 0 Å². The van der Waals surface area contributed by atoms with E-state index < -0.39 is 17.7 Å². The van der Waals surface area contributed by atoms with Gasteiger partial charge in [-0.3, -0.25) is 9.36 Å². The molecule has 8 heteroatoms. The van der Waals surface area contributed by atoms with Gasteiger partial charge < -0.3 is 15.7 Å². The molecule has 0 fully saturated rings. The predicted octanol–water partition coefficient (Wildman–Crippen LogP) is 3.23. The van der Waals surface area contributed by atoms with Gasteiger partial charge in [-0.2, -0.15) is 4.98 Å². The highest BCUT2D eigenvalue weighted by Crippen LogP contribution is 2.22. The molecule has 3 N–H and O–H groups in total. The zero-order valence-electron chi connectivity index (χ0n) is 17.7. The lowest BCUT2D eigenvalue weighted by atomic mass is 10.0. The third-order valence-corrected chi connectivity index (χ3v) is 4.92. The Hall–Kier alpha value is -3.68. The number of nitrogens with one attached hydrogen (secondary N) is 2. The SMILES string of the molecule is Cc1ccc(C(CC(=O)O)n2cc(C)c(NCCCNc3ccccn3)nc2=O)cc1. The molecule has 1 atom stereocenters. The predicted molar refractivity (Wildman–Crippen MR) is 121 cm³/mol. The first-order valence-corrected chi connectivity index (χ1v) is 10.2. The second-order valence-corrected chi connectivity index (χ2v) is 7.41. The van der Waals surface area contributed by atoms with Crippen LogP contribution in [0.1, 0.15) is 35.6 Å². The number of rotatable bonds is 10. The van der Waals surface area contributed by atoms with Crippen LogP contribution >= 0.6 is 0 Å². The van der Waals surface area contributed by atoms with Gasteiger partial charge in [0.1, 0.15) is 11.6 Å². The number of aliphatic carboxylic acids is 1. The largest absolute Gasteiger partial charge is 0.481 e. The van der Waals surface area contributed by atoms with E-state index >= 15 is 0 Å². The minimum Gasteiger partial charge on any atom is -0.481 e. The van der Waals surface area contributed by atoms with Crippen LogP contribution in [0.4, 0.5) is 11.6 Å². The Morgan fingerprint density at radius 2 is 1.84 bits per heavy atom. The number of hydrogen-bond acceptors (Lipinski definition) is 6. The quantitative estimate of drug-likeness (QED) is 0.431. The number of carboxylic acid groups (broad SMARTS) is 1. The van der Waals surface area contributed by atoms with Crippen molar-refractivity contribution >= 4 is 17.6 Å². The van der Waals surface area contributed by atoms with Crippen LogP contribution in [0.25, 0.3) is 0 Å². The number of carboxylic acids is 1. The minimum absolute atomic E-state index is 0.198. The summed E-state index contributed by atoms with van der Waals surface area (Å²) >= 11 is 0. The summed E-state index contributed by atoms with van der Waals surface area (Å²) in [4.78, 5) is 32.5. The number of nitrogens with zero attached hydrogens (tertiary/aromatic N) is 3. The highest BCUT2D eigenvalue weighted by molar-refractivity contribution is 5.68. The van der Waals surface area contributed by atoms with E-state index in [0.29, 0.717) is 12.4 Å². The molecule has 0 saturated carbocycles. The lowest BCUT2D eigenvalue weighted by molar-refractivity contribution is -0.137. The third-order valence-electron chi connectivity index (χ3n) is 4.92. The van der Waals surface area contributed by atoms with Gasteiger partial charge in [0.25, 0.3) is 0 Å². The lowest BCUT2D eigenvalue weighted by Gasteiger charge is -2.20. The summed E-state index contributed by atoms with van der Waals surface area (Å²) < 4.78 is 1.40. The average molecular weight is 422 g/mol. The molecule has 3 aromatic rings. The Bertz CT molecular complexity index is 1060. The second kappa shape index (κ2) is 10.4. The lowest BCUT2D eigenvalue weighted by Crippen LogP contribution is -2.30. The second-order valence-electron chi connectivity index (χ2n) is 7.41. The summed E-state index contributed by atoms with van der Waals surface area (Å²) in [5.41, 5.74) is 2.13. The first kappa shape index (κ1) is 22.0. The van der Waals surface area contributed by atoms with Crippen molar-refractivity contribution < 1.29 is 9.90 Å². The van der Waals surface area contributed by atoms with Gasteiger partial charge in [0.15, 0.2) is 0 Å². The zero-order chi connectivity index (χ0) is 22.2. The number of aryl methyl sites for hydroxylation is 2. The monoisotopic (exact) mass is 421 g/mol. The van der Waals surface area contributed by atoms with E-state index in [2.05, 4.69) is 20.6 Å². The molecule has 2 heterocycles. The maximum absolute atomic E-state index is 12.7. The van der Waals surface area contributed by atoms with E-state index in [1.165, 1.54) is 4.57 Å². The first-order valence-electron chi connectivity index (χ1n) is 10.2. The number of benzene rings is 1. The zero-order valence-corrected chi connectivity index (χ0v) is 17.7. The van der Waals surface area contributed by atoms with Crippen molar-refractivity contribution in [2.24, 2.45) is 0 Å². The smallest absolute Gasteiger partial charge is 0.350 e. The molecule has 0 bridgehead atoms. The molecule has 0 aliphatic heterocycles. The van der Waals surface area contributed by atoms with E-state index in [1.807, 2.05) is 56.3 Å². The van der Waals surface area contributed by atoms with Gasteiger partial charge >= 0.3 is 11.7 Å². The van der Waals surface area contributed by atoms with Crippen molar-refractivity contribution in [1.29, 1.82) is 0 Å². The number of anilines is 2. The van der Waals surface area contributed by atoms with Crippen LogP contribution in [0.15, 0.2) is 59.7 Å². The summed E-state index contributed by atoms with van der Waals surface area (Å²) in [5.74, 6) is 0.356. The highest BCUT2D eigenvalue weighted by atomic mass is 16.4. The van der Waals surface area contributed by atoms with Gasteiger partial charge in [-0.15, -0.1) is 0 Å². The van der Waals surface area contributed by atoms with Gasteiger partial charge in [0.2, 0.25) is 0 Å². The molecule has 31 heavy (non-hydrogen) atoms. The van der Waals surface area contributed by atoms with Gasteiger partial charge in [-0.1, -0.05) is 35.9 Å². The summed E-state index contributed by atoms with van der Waals surface area (Å²) in [6.45, 7) is 5.17. The summed E-state index contributed by atoms with van der Waals surface area (Å²) in [6.07, 6.45) is 4.02. The van der Waals surface area contributed by atoms with Crippen LogP contribution in [-0.4, -0.2) is 38.7 Å². The third kappa shape index (κ3) is 6.15. The van der Waals surface area contributed by atoms with Crippen LogP contribution in [0.5, 0.6) is 0 Å². The fraction of sp³-hybridized carbons (Fsp3) is 0.304. The number of pyridine rings is 1. The Morgan fingerprint density at radius 1 is 1.10 bits per heavy atom. The van der Waals surface area contributed by atoms with Crippen LogP contribution in [0.3, 0.4) is 0 Å². The van der Waals surface area contributed by atoms with Gasteiger partial charge in [-0.25, -0.2) is 9.78 Å². The van der Waals surface area contributed by atoms with Crippen LogP contribution < -0.4 is 16.3 Å². The summed E-state index contributed by atoms with van der Waals surface area (Å²) in [5, 5.41) is 15.8. The standard InChI is InChI=1S/C23H27N5O3/c1-16-7-9-18(10-8-16)19(14-21(29)30)28-15-17(2)22(27-23(28)31)26-13-5-12-25-20-6-3-4-11-24-20/h3-4,6-11,15,19H,5,12-14H2,1-2H3,(H,24,25)(H,29,30)(H,26,27,31). The first-order chi connectivity index (χ1) is 14.9. The van der Waals surface area contributed by atoms with Gasteiger partial charge in [0, 0.05) is 31.0 Å². The Labute approximate surface area is 181 Å². The number of carbonyl (C=O) groups is 1.